The fourth-order valence-electron chi connectivity index (χ4n) is 4.56. The van der Waals surface area contributed by atoms with Gasteiger partial charge in [-0.25, -0.2) is 9.97 Å². The third-order valence-corrected chi connectivity index (χ3v) is 6.33. The number of amides is 1. The van der Waals surface area contributed by atoms with Crippen LogP contribution in [-0.4, -0.2) is 48.3 Å². The van der Waals surface area contributed by atoms with Gasteiger partial charge in [0, 0.05) is 44.4 Å². The summed E-state index contributed by atoms with van der Waals surface area (Å²) in [6, 6.07) is 6.56. The molecule has 0 aliphatic carbocycles. The van der Waals surface area contributed by atoms with Gasteiger partial charge in [0.15, 0.2) is 0 Å². The number of hydrogen-bond acceptors (Lipinski definition) is 6. The predicted octanol–water partition coefficient (Wildman–Crippen LogP) is 3.45. The van der Waals surface area contributed by atoms with E-state index in [4.69, 9.17) is 0 Å². The average molecular weight is 419 g/mol. The summed E-state index contributed by atoms with van der Waals surface area (Å²) < 4.78 is 0. The van der Waals surface area contributed by atoms with Crippen molar-refractivity contribution in [2.45, 2.75) is 39.3 Å². The second-order valence-corrected chi connectivity index (χ2v) is 8.28. The van der Waals surface area contributed by atoms with E-state index in [9.17, 15) is 4.79 Å². The normalized spacial score (nSPS) is 23.4. The van der Waals surface area contributed by atoms with Crippen LogP contribution in [0.1, 0.15) is 50.1 Å². The molecular weight excluding hydrogens is 388 g/mol. The quantitative estimate of drug-likeness (QED) is 0.743. The maximum absolute atomic E-state index is 12.5. The molecule has 31 heavy (non-hydrogen) atoms. The van der Waals surface area contributed by atoms with Gasteiger partial charge in [-0.3, -0.25) is 9.79 Å². The molecule has 7 nitrogen and oxygen atoms in total. The van der Waals surface area contributed by atoms with E-state index >= 15 is 0 Å². The van der Waals surface area contributed by atoms with Gasteiger partial charge in [0.1, 0.15) is 5.82 Å². The summed E-state index contributed by atoms with van der Waals surface area (Å²) >= 11 is 0. The van der Waals surface area contributed by atoms with Crippen molar-refractivity contribution in [3.63, 3.8) is 0 Å². The highest BCUT2D eigenvalue weighted by Gasteiger charge is 2.38. The summed E-state index contributed by atoms with van der Waals surface area (Å²) in [5, 5.41) is 6.96. The first-order valence-electron chi connectivity index (χ1n) is 10.8. The Hall–Kier alpha value is -3.06. The molecule has 2 N–H and O–H groups in total. The van der Waals surface area contributed by atoms with Crippen LogP contribution in [0.2, 0.25) is 0 Å². The standard InChI is InChI=1S/C24H30N6O/c1-15-16(2)30(17(3)31)22-6-5-19(18-7-9-26-10-8-18)11-21(22)24(15)29-23-14-27-20(12-25-4)13-28-23/h5-7,11-16,24,26H,8-10H2,1-4H3,(H,28,29)/b25-12+/t15-,16-,24?/m0/s1. The van der Waals surface area contributed by atoms with Crippen LogP contribution < -0.4 is 15.5 Å². The predicted molar refractivity (Wildman–Crippen MR) is 126 cm³/mol. The number of hydrogen-bond donors (Lipinski definition) is 2. The molecule has 2 aliphatic rings. The van der Waals surface area contributed by atoms with Gasteiger partial charge in [-0.15, -0.1) is 0 Å². The molecule has 3 atom stereocenters. The summed E-state index contributed by atoms with van der Waals surface area (Å²) in [6.45, 7) is 7.82. The Balaban J connectivity index is 1.74. The maximum atomic E-state index is 12.5. The van der Waals surface area contributed by atoms with Crippen molar-refractivity contribution >= 4 is 29.2 Å². The lowest BCUT2D eigenvalue weighted by atomic mass is 9.81. The van der Waals surface area contributed by atoms with Crippen molar-refractivity contribution in [1.82, 2.24) is 15.3 Å². The van der Waals surface area contributed by atoms with Crippen LogP contribution in [0, 0.1) is 5.92 Å². The number of benzene rings is 1. The minimum atomic E-state index is 0.0165. The van der Waals surface area contributed by atoms with Crippen molar-refractivity contribution in [1.29, 1.82) is 0 Å². The van der Waals surface area contributed by atoms with E-state index in [0.717, 1.165) is 36.5 Å². The first kappa shape index (κ1) is 21.2. The molecule has 0 saturated heterocycles. The topological polar surface area (TPSA) is 82.5 Å². The van der Waals surface area contributed by atoms with Gasteiger partial charge < -0.3 is 15.5 Å². The lowest BCUT2D eigenvalue weighted by molar-refractivity contribution is -0.117. The molecule has 7 heteroatoms. The smallest absolute Gasteiger partial charge is 0.224 e. The number of nitrogens with zero attached hydrogens (tertiary/aromatic N) is 4. The average Bonchev–Trinajstić information content (AvgIpc) is 2.78. The number of nitrogens with one attached hydrogen (secondary N) is 2. The van der Waals surface area contributed by atoms with E-state index < -0.39 is 0 Å². The van der Waals surface area contributed by atoms with Gasteiger partial charge in [-0.1, -0.05) is 19.1 Å². The van der Waals surface area contributed by atoms with E-state index in [1.807, 2.05) is 4.90 Å². The zero-order valence-corrected chi connectivity index (χ0v) is 18.6. The van der Waals surface area contributed by atoms with Gasteiger partial charge in [0.05, 0.1) is 24.1 Å². The summed E-state index contributed by atoms with van der Waals surface area (Å²) in [4.78, 5) is 27.4. The monoisotopic (exact) mass is 418 g/mol. The van der Waals surface area contributed by atoms with Gasteiger partial charge >= 0.3 is 0 Å². The lowest BCUT2D eigenvalue weighted by Crippen LogP contribution is -2.48. The molecule has 0 radical (unpaired) electrons. The van der Waals surface area contributed by atoms with E-state index in [-0.39, 0.29) is 23.9 Å². The molecule has 0 fully saturated rings. The van der Waals surface area contributed by atoms with Gasteiger partial charge in [-0.05, 0) is 48.7 Å². The van der Waals surface area contributed by atoms with E-state index in [2.05, 4.69) is 63.7 Å². The van der Waals surface area contributed by atoms with E-state index in [0.29, 0.717) is 5.82 Å². The number of rotatable bonds is 4. The second-order valence-electron chi connectivity index (χ2n) is 8.28. The molecule has 1 amide bonds. The Bertz CT molecular complexity index is 1010. The SMILES string of the molecule is C/N=C/c1cnc(NC2c3cc(C4=CCNCC4)ccc3N(C(C)=O)[C@@H](C)[C@@H]2C)cn1. The van der Waals surface area contributed by atoms with Crippen LogP contribution >= 0.6 is 0 Å². The van der Waals surface area contributed by atoms with E-state index in [1.54, 1.807) is 32.6 Å². The van der Waals surface area contributed by atoms with Crippen LogP contribution in [0.4, 0.5) is 11.5 Å². The molecule has 162 valence electrons. The summed E-state index contributed by atoms with van der Waals surface area (Å²) in [6.07, 6.45) is 8.40. The molecule has 0 bridgehead atoms. The minimum absolute atomic E-state index is 0.0165. The number of carbonyl (C=O) groups is 1. The molecule has 1 aromatic carbocycles. The Kier molecular flexibility index (Phi) is 6.13. The first-order chi connectivity index (χ1) is 15.0. The summed E-state index contributed by atoms with van der Waals surface area (Å²) in [5.41, 5.74) is 5.39. The maximum Gasteiger partial charge on any atom is 0.224 e. The zero-order valence-electron chi connectivity index (χ0n) is 18.6. The van der Waals surface area contributed by atoms with Crippen molar-refractivity contribution in [2.24, 2.45) is 10.9 Å². The fourth-order valence-corrected chi connectivity index (χ4v) is 4.56. The van der Waals surface area contributed by atoms with Crippen LogP contribution in [0.15, 0.2) is 41.7 Å². The molecular formula is C24H30N6O. The van der Waals surface area contributed by atoms with Crippen molar-refractivity contribution in [2.75, 3.05) is 30.4 Å². The Morgan fingerprint density at radius 2 is 2.13 bits per heavy atom. The Morgan fingerprint density at radius 1 is 1.29 bits per heavy atom. The molecule has 0 spiro atoms. The third-order valence-electron chi connectivity index (χ3n) is 6.33. The highest BCUT2D eigenvalue weighted by atomic mass is 16.2. The van der Waals surface area contributed by atoms with Crippen molar-refractivity contribution < 1.29 is 4.79 Å². The largest absolute Gasteiger partial charge is 0.362 e. The Labute approximate surface area is 183 Å². The van der Waals surface area contributed by atoms with Crippen LogP contribution in [0.5, 0.6) is 0 Å². The number of aliphatic imine (C=N–C) groups is 1. The Morgan fingerprint density at radius 3 is 2.77 bits per heavy atom. The second kappa shape index (κ2) is 8.98. The molecule has 2 aliphatic heterocycles. The number of fused-ring (bicyclic) bond motifs is 1. The van der Waals surface area contributed by atoms with Crippen molar-refractivity contribution in [3.05, 3.63) is 53.5 Å². The number of aromatic nitrogens is 2. The molecule has 1 unspecified atom stereocenters. The van der Waals surface area contributed by atoms with Crippen molar-refractivity contribution in [3.8, 4) is 0 Å². The number of carbonyl (C=O) groups excluding carboxylic acids is 1. The highest BCUT2D eigenvalue weighted by Crippen LogP contribution is 2.43. The van der Waals surface area contributed by atoms with Gasteiger partial charge in [0.2, 0.25) is 5.91 Å². The highest BCUT2D eigenvalue weighted by molar-refractivity contribution is 5.94. The zero-order chi connectivity index (χ0) is 22.0. The first-order valence-corrected chi connectivity index (χ1v) is 10.8. The lowest BCUT2D eigenvalue weighted by Gasteiger charge is -2.44. The molecule has 2 aromatic rings. The van der Waals surface area contributed by atoms with Gasteiger partial charge in [-0.2, -0.15) is 0 Å². The van der Waals surface area contributed by atoms with Crippen LogP contribution in [0.25, 0.3) is 5.57 Å². The van der Waals surface area contributed by atoms with Crippen LogP contribution in [0.3, 0.4) is 0 Å². The minimum Gasteiger partial charge on any atom is -0.362 e. The fraction of sp³-hybridized carbons (Fsp3) is 0.417. The van der Waals surface area contributed by atoms with E-state index in [1.165, 1.54) is 11.1 Å². The van der Waals surface area contributed by atoms with Crippen LogP contribution in [-0.2, 0) is 4.79 Å². The molecule has 1 aromatic heterocycles. The summed E-state index contributed by atoms with van der Waals surface area (Å²) in [5.74, 6) is 0.967. The van der Waals surface area contributed by atoms with Gasteiger partial charge in [0.25, 0.3) is 0 Å². The number of anilines is 2. The molecule has 3 heterocycles. The molecule has 4 rings (SSSR count). The third kappa shape index (κ3) is 4.23. The summed E-state index contributed by atoms with van der Waals surface area (Å²) in [7, 11) is 1.71. The molecule has 0 saturated carbocycles.